The minimum atomic E-state index is -4.43. The molecule has 3 rings (SSSR count). The Labute approximate surface area is 157 Å². The zero-order valence-corrected chi connectivity index (χ0v) is 15.3. The summed E-state index contributed by atoms with van der Waals surface area (Å²) in [4.78, 5) is 31.0. The number of hydrogen-bond donors (Lipinski definition) is 1. The molecule has 3 aromatic rings. The quantitative estimate of drug-likeness (QED) is 0.687. The molecule has 0 spiro atoms. The van der Waals surface area contributed by atoms with Crippen LogP contribution in [-0.2, 0) is 22.1 Å². The Morgan fingerprint density at radius 3 is 2.50 bits per heavy atom. The molecule has 1 unspecified atom stereocenters. The van der Waals surface area contributed by atoms with E-state index in [4.69, 9.17) is 0 Å². The molecule has 148 valence electrons. The second-order valence-electron chi connectivity index (χ2n) is 6.31. The van der Waals surface area contributed by atoms with Gasteiger partial charge in [0.2, 0.25) is 0 Å². The van der Waals surface area contributed by atoms with E-state index in [2.05, 4.69) is 19.8 Å². The number of benzene rings is 1. The van der Waals surface area contributed by atoms with Crippen LogP contribution in [0.25, 0.3) is 5.52 Å². The fourth-order valence-corrected chi connectivity index (χ4v) is 2.92. The van der Waals surface area contributed by atoms with Gasteiger partial charge in [0, 0.05) is 5.92 Å². The molecular formula is C18H17F3N4O3. The lowest BCUT2D eigenvalue weighted by Gasteiger charge is -2.12. The molecule has 0 aliphatic heterocycles. The van der Waals surface area contributed by atoms with Crippen LogP contribution in [0, 0.1) is 6.92 Å². The summed E-state index contributed by atoms with van der Waals surface area (Å²) in [5.41, 5.74) is -0.374. The minimum absolute atomic E-state index is 0.102. The maximum atomic E-state index is 12.8. The fraction of sp³-hybridized carbons (Fsp3) is 0.333. The van der Waals surface area contributed by atoms with Crippen molar-refractivity contribution in [3.05, 3.63) is 63.1 Å². The van der Waals surface area contributed by atoms with E-state index in [9.17, 15) is 22.8 Å². The Morgan fingerprint density at radius 2 is 1.93 bits per heavy atom. The topological polar surface area (TPSA) is 89.3 Å². The number of imidazole rings is 1. The zero-order chi connectivity index (χ0) is 20.6. The molecule has 0 aliphatic rings. The highest BCUT2D eigenvalue weighted by atomic mass is 19.4. The lowest BCUT2D eigenvalue weighted by molar-refractivity contribution is -0.140. The highest BCUT2D eigenvalue weighted by Gasteiger charge is 2.30. The van der Waals surface area contributed by atoms with Gasteiger partial charge in [-0.25, -0.2) is 9.50 Å². The van der Waals surface area contributed by atoms with Gasteiger partial charge in [0.05, 0.1) is 24.8 Å². The van der Waals surface area contributed by atoms with Gasteiger partial charge in [-0.15, -0.1) is 0 Å². The molecule has 0 radical (unpaired) electrons. The monoisotopic (exact) mass is 394 g/mol. The number of aromatic nitrogens is 4. The summed E-state index contributed by atoms with van der Waals surface area (Å²) in [5.74, 6) is -0.383. The van der Waals surface area contributed by atoms with Gasteiger partial charge in [-0.3, -0.25) is 9.59 Å². The van der Waals surface area contributed by atoms with E-state index in [0.29, 0.717) is 17.2 Å². The summed E-state index contributed by atoms with van der Waals surface area (Å²) in [6, 6.07) is 4.69. The van der Waals surface area contributed by atoms with Crippen molar-refractivity contribution in [2.75, 3.05) is 7.11 Å². The van der Waals surface area contributed by atoms with E-state index < -0.39 is 29.2 Å². The first-order chi connectivity index (χ1) is 13.1. The number of halogens is 3. The Hall–Kier alpha value is -3.17. The Kier molecular flexibility index (Phi) is 4.97. The molecule has 2 aromatic heterocycles. The summed E-state index contributed by atoms with van der Waals surface area (Å²) < 4.78 is 44.3. The fourth-order valence-electron chi connectivity index (χ4n) is 2.92. The van der Waals surface area contributed by atoms with E-state index in [-0.39, 0.29) is 17.6 Å². The van der Waals surface area contributed by atoms with E-state index in [1.54, 1.807) is 13.8 Å². The van der Waals surface area contributed by atoms with Gasteiger partial charge in [-0.05, 0) is 24.6 Å². The number of nitrogens with zero attached hydrogens (tertiary/aromatic N) is 3. The van der Waals surface area contributed by atoms with Gasteiger partial charge >= 0.3 is 12.1 Å². The summed E-state index contributed by atoms with van der Waals surface area (Å²) in [6.45, 7) is 3.32. The van der Waals surface area contributed by atoms with Crippen LogP contribution in [0.1, 0.15) is 41.3 Å². The maximum absolute atomic E-state index is 12.8. The van der Waals surface area contributed by atoms with Gasteiger partial charge in [0.1, 0.15) is 11.6 Å². The molecule has 28 heavy (non-hydrogen) atoms. The summed E-state index contributed by atoms with van der Waals surface area (Å²) in [5, 5.41) is 4.26. The number of aryl methyl sites for hydroxylation is 1. The zero-order valence-electron chi connectivity index (χ0n) is 15.3. The third kappa shape index (κ3) is 3.62. The number of aromatic amines is 1. The van der Waals surface area contributed by atoms with Crippen LogP contribution in [0.3, 0.4) is 0 Å². The average molecular weight is 394 g/mol. The maximum Gasteiger partial charge on any atom is 0.416 e. The second kappa shape index (κ2) is 7.10. The highest BCUT2D eigenvalue weighted by Crippen LogP contribution is 2.31. The van der Waals surface area contributed by atoms with Crippen molar-refractivity contribution in [1.29, 1.82) is 0 Å². The Balaban J connectivity index is 2.11. The molecule has 2 heterocycles. The molecule has 1 atom stereocenters. The number of hydrogen-bond acceptors (Lipinski definition) is 5. The first-order valence-corrected chi connectivity index (χ1v) is 8.34. The van der Waals surface area contributed by atoms with Crippen LogP contribution >= 0.6 is 0 Å². The first kappa shape index (κ1) is 19.6. The van der Waals surface area contributed by atoms with Crippen molar-refractivity contribution < 1.29 is 22.7 Å². The number of carbonyl (C=O) groups is 1. The standard InChI is InChI=1S/C18H17F3N4O3/c1-9(11-4-6-12(7-5-11)18(19,20)21)16-23-13(8-14(26)28-3)15-17(27)22-10(2)24-25(15)16/h4-7,9H,8H2,1-3H3,(H,22,24,27). The number of nitrogens with one attached hydrogen (secondary N) is 1. The minimum Gasteiger partial charge on any atom is -0.469 e. The number of methoxy groups -OCH3 is 1. The molecule has 1 aromatic carbocycles. The SMILES string of the molecule is COC(=O)Cc1nc(C(C)c2ccc(C(F)(F)F)cc2)n2nc(C)[nH]c(=O)c12. The lowest BCUT2D eigenvalue weighted by Crippen LogP contribution is -2.17. The number of esters is 1. The van der Waals surface area contributed by atoms with Crippen molar-refractivity contribution in [1.82, 2.24) is 19.6 Å². The lowest BCUT2D eigenvalue weighted by atomic mass is 9.99. The largest absolute Gasteiger partial charge is 0.469 e. The van der Waals surface area contributed by atoms with Crippen LogP contribution in [0.5, 0.6) is 0 Å². The van der Waals surface area contributed by atoms with E-state index in [1.165, 1.54) is 23.8 Å². The smallest absolute Gasteiger partial charge is 0.416 e. The van der Waals surface area contributed by atoms with Crippen molar-refractivity contribution >= 4 is 11.5 Å². The molecule has 7 nitrogen and oxygen atoms in total. The molecular weight excluding hydrogens is 377 g/mol. The van der Waals surface area contributed by atoms with E-state index in [0.717, 1.165) is 12.1 Å². The van der Waals surface area contributed by atoms with Gasteiger partial charge in [0.25, 0.3) is 5.56 Å². The van der Waals surface area contributed by atoms with Crippen LogP contribution in [-0.4, -0.2) is 32.7 Å². The summed E-state index contributed by atoms with van der Waals surface area (Å²) in [7, 11) is 1.22. The van der Waals surface area contributed by atoms with Crippen LogP contribution in [0.15, 0.2) is 29.1 Å². The molecule has 1 N–H and O–H groups in total. The molecule has 0 amide bonds. The average Bonchev–Trinajstić information content (AvgIpc) is 2.98. The number of carbonyl (C=O) groups excluding carboxylic acids is 1. The Bertz CT molecular complexity index is 1080. The van der Waals surface area contributed by atoms with Crippen molar-refractivity contribution in [2.24, 2.45) is 0 Å². The van der Waals surface area contributed by atoms with Gasteiger partial charge in [-0.2, -0.15) is 18.3 Å². The van der Waals surface area contributed by atoms with Crippen LogP contribution < -0.4 is 5.56 Å². The molecule has 0 fully saturated rings. The Morgan fingerprint density at radius 1 is 1.29 bits per heavy atom. The molecule has 10 heteroatoms. The van der Waals surface area contributed by atoms with Gasteiger partial charge in [-0.1, -0.05) is 19.1 Å². The van der Waals surface area contributed by atoms with Crippen molar-refractivity contribution in [3.8, 4) is 0 Å². The molecule has 0 aliphatic carbocycles. The molecule has 0 saturated carbocycles. The van der Waals surface area contributed by atoms with E-state index in [1.807, 2.05) is 0 Å². The number of H-pyrrole nitrogens is 1. The third-order valence-corrected chi connectivity index (χ3v) is 4.38. The predicted molar refractivity (Wildman–Crippen MR) is 93.0 cm³/mol. The number of alkyl halides is 3. The van der Waals surface area contributed by atoms with Gasteiger partial charge in [0.15, 0.2) is 5.52 Å². The molecule has 0 saturated heterocycles. The highest BCUT2D eigenvalue weighted by molar-refractivity contribution is 5.74. The third-order valence-electron chi connectivity index (χ3n) is 4.38. The first-order valence-electron chi connectivity index (χ1n) is 8.34. The van der Waals surface area contributed by atoms with Crippen molar-refractivity contribution in [3.63, 3.8) is 0 Å². The van der Waals surface area contributed by atoms with Crippen LogP contribution in [0.2, 0.25) is 0 Å². The van der Waals surface area contributed by atoms with Crippen LogP contribution in [0.4, 0.5) is 13.2 Å². The number of ether oxygens (including phenoxy) is 1. The molecule has 0 bridgehead atoms. The summed E-state index contributed by atoms with van der Waals surface area (Å²) >= 11 is 0. The second-order valence-corrected chi connectivity index (χ2v) is 6.31. The summed E-state index contributed by atoms with van der Waals surface area (Å²) in [6.07, 6.45) is -4.66. The number of rotatable bonds is 4. The predicted octanol–water partition coefficient (Wildman–Crippen LogP) is 2.61. The normalized spacial score (nSPS) is 12.9. The van der Waals surface area contributed by atoms with E-state index >= 15 is 0 Å². The van der Waals surface area contributed by atoms with Crippen molar-refractivity contribution in [2.45, 2.75) is 32.4 Å². The van der Waals surface area contributed by atoms with Gasteiger partial charge < -0.3 is 9.72 Å². The number of fused-ring (bicyclic) bond motifs is 1.